The normalized spacial score (nSPS) is 10.5. The molecule has 0 spiro atoms. The number of hydrogen-bond donors (Lipinski definition) is 2. The van der Waals surface area contributed by atoms with Crippen LogP contribution in [0.15, 0.2) is 60.3 Å². The van der Waals surface area contributed by atoms with E-state index in [1.807, 2.05) is 0 Å². The Kier molecular flexibility index (Phi) is 6.44. The van der Waals surface area contributed by atoms with Gasteiger partial charge in [0.2, 0.25) is 0 Å². The fourth-order valence-electron chi connectivity index (χ4n) is 2.17. The minimum Gasteiger partial charge on any atom is -0.465 e. The molecule has 0 fully saturated rings. The number of Topliss-reactive ketones (excluding diaryl/α,β-unsaturated/α-hetero) is 1. The van der Waals surface area contributed by atoms with E-state index in [-0.39, 0.29) is 22.6 Å². The quantitative estimate of drug-likeness (QED) is 0.353. The van der Waals surface area contributed by atoms with Crippen LogP contribution in [0.2, 0.25) is 0 Å². The minimum absolute atomic E-state index is 0.0570. The van der Waals surface area contributed by atoms with E-state index in [1.54, 1.807) is 42.5 Å². The molecule has 0 saturated carbocycles. The summed E-state index contributed by atoms with van der Waals surface area (Å²) in [5.74, 6) is -1.34. The number of ketones is 1. The van der Waals surface area contributed by atoms with Crippen LogP contribution >= 0.6 is 0 Å². The molecule has 7 heteroatoms. The van der Waals surface area contributed by atoms with Gasteiger partial charge in [-0.15, -0.1) is 0 Å². The number of rotatable bonds is 6. The summed E-state index contributed by atoms with van der Waals surface area (Å²) < 4.78 is 4.67. The largest absolute Gasteiger partial charge is 0.465 e. The number of ether oxygens (including phenoxy) is 1. The zero-order valence-electron chi connectivity index (χ0n) is 14.8. The molecule has 0 aliphatic heterocycles. The van der Waals surface area contributed by atoms with Gasteiger partial charge in [0, 0.05) is 17.5 Å². The van der Waals surface area contributed by atoms with Crippen molar-refractivity contribution in [3.8, 4) is 6.07 Å². The predicted molar refractivity (Wildman–Crippen MR) is 100 cm³/mol. The number of nitrogens with one attached hydrogen (secondary N) is 2. The molecule has 2 aromatic carbocycles. The monoisotopic (exact) mass is 363 g/mol. The molecule has 2 N–H and O–H groups in total. The summed E-state index contributed by atoms with van der Waals surface area (Å²) in [6.07, 6.45) is 1.25. The summed E-state index contributed by atoms with van der Waals surface area (Å²) in [4.78, 5) is 35.4. The Bertz CT molecular complexity index is 940. The van der Waals surface area contributed by atoms with Crippen LogP contribution in [-0.4, -0.2) is 24.8 Å². The minimum atomic E-state index is -0.679. The summed E-state index contributed by atoms with van der Waals surface area (Å²) in [6.45, 7) is 1.46. The number of nitrogens with zero attached hydrogens (tertiary/aromatic N) is 1. The molecule has 7 nitrogen and oxygen atoms in total. The smallest absolute Gasteiger partial charge is 0.339 e. The zero-order valence-corrected chi connectivity index (χ0v) is 14.8. The van der Waals surface area contributed by atoms with Crippen molar-refractivity contribution in [2.24, 2.45) is 0 Å². The van der Waals surface area contributed by atoms with Crippen molar-refractivity contribution in [2.75, 3.05) is 17.7 Å². The number of anilines is 2. The summed E-state index contributed by atoms with van der Waals surface area (Å²) in [7, 11) is 1.24. The number of para-hydroxylation sites is 1. The van der Waals surface area contributed by atoms with Crippen LogP contribution in [0.25, 0.3) is 0 Å². The number of carbonyl (C=O) groups excluding carboxylic acids is 3. The fraction of sp³-hybridized carbons (Fsp3) is 0.100. The SMILES string of the molecule is COC(=O)c1ccccc1NC(=O)/C(C#N)=C\Nc1ccc(C(C)=O)cc1. The first-order valence-corrected chi connectivity index (χ1v) is 7.92. The second-order valence-corrected chi connectivity index (χ2v) is 5.44. The highest BCUT2D eigenvalue weighted by Crippen LogP contribution is 2.17. The van der Waals surface area contributed by atoms with Gasteiger partial charge in [0.05, 0.1) is 18.4 Å². The van der Waals surface area contributed by atoms with Gasteiger partial charge in [-0.05, 0) is 43.3 Å². The topological polar surface area (TPSA) is 108 Å². The van der Waals surface area contributed by atoms with E-state index in [0.717, 1.165) is 0 Å². The van der Waals surface area contributed by atoms with Crippen molar-refractivity contribution in [3.63, 3.8) is 0 Å². The Morgan fingerprint density at radius 1 is 1.07 bits per heavy atom. The number of carbonyl (C=O) groups is 3. The molecule has 2 rings (SSSR count). The third-order valence-corrected chi connectivity index (χ3v) is 3.62. The van der Waals surface area contributed by atoms with Gasteiger partial charge in [0.1, 0.15) is 11.6 Å². The highest BCUT2D eigenvalue weighted by Gasteiger charge is 2.15. The number of amides is 1. The molecule has 136 valence electrons. The number of methoxy groups -OCH3 is 1. The van der Waals surface area contributed by atoms with Crippen molar-refractivity contribution in [1.82, 2.24) is 0 Å². The van der Waals surface area contributed by atoms with Gasteiger partial charge in [-0.25, -0.2) is 4.79 Å². The highest BCUT2D eigenvalue weighted by molar-refractivity contribution is 6.09. The summed E-state index contributed by atoms with van der Waals surface area (Å²) in [5, 5.41) is 14.6. The lowest BCUT2D eigenvalue weighted by molar-refractivity contribution is -0.112. The molecular formula is C20H17N3O4. The van der Waals surface area contributed by atoms with Crippen molar-refractivity contribution in [2.45, 2.75) is 6.92 Å². The maximum atomic E-state index is 12.3. The fourth-order valence-corrected chi connectivity index (χ4v) is 2.17. The summed E-state index contributed by atoms with van der Waals surface area (Å²) in [6, 6.07) is 14.7. The second-order valence-electron chi connectivity index (χ2n) is 5.44. The molecule has 2 aromatic rings. The van der Waals surface area contributed by atoms with Crippen molar-refractivity contribution < 1.29 is 19.1 Å². The van der Waals surface area contributed by atoms with Gasteiger partial charge in [-0.3, -0.25) is 9.59 Å². The lowest BCUT2D eigenvalue weighted by Crippen LogP contribution is -2.17. The van der Waals surface area contributed by atoms with Gasteiger partial charge in [0.15, 0.2) is 5.78 Å². The first-order chi connectivity index (χ1) is 13.0. The molecule has 0 unspecified atom stereocenters. The molecular weight excluding hydrogens is 346 g/mol. The van der Waals surface area contributed by atoms with E-state index < -0.39 is 11.9 Å². The molecule has 1 amide bonds. The number of benzene rings is 2. The highest BCUT2D eigenvalue weighted by atomic mass is 16.5. The molecule has 0 aliphatic carbocycles. The molecule has 0 radical (unpaired) electrons. The molecule has 0 aromatic heterocycles. The average Bonchev–Trinajstić information content (AvgIpc) is 2.68. The Morgan fingerprint density at radius 2 is 1.74 bits per heavy atom. The maximum Gasteiger partial charge on any atom is 0.339 e. The van der Waals surface area contributed by atoms with Gasteiger partial charge in [-0.2, -0.15) is 5.26 Å². The van der Waals surface area contributed by atoms with Crippen LogP contribution in [0.5, 0.6) is 0 Å². The lowest BCUT2D eigenvalue weighted by atomic mass is 10.1. The van der Waals surface area contributed by atoms with Gasteiger partial charge in [0.25, 0.3) is 5.91 Å². The lowest BCUT2D eigenvalue weighted by Gasteiger charge is -2.09. The predicted octanol–water partition coefficient (Wildman–Crippen LogP) is 3.13. The van der Waals surface area contributed by atoms with E-state index in [0.29, 0.717) is 11.3 Å². The third kappa shape index (κ3) is 5.03. The van der Waals surface area contributed by atoms with Gasteiger partial charge in [-0.1, -0.05) is 12.1 Å². The zero-order chi connectivity index (χ0) is 19.8. The first-order valence-electron chi connectivity index (χ1n) is 7.92. The number of hydrogen-bond acceptors (Lipinski definition) is 6. The van der Waals surface area contributed by atoms with Crippen molar-refractivity contribution in [3.05, 3.63) is 71.4 Å². The maximum absolute atomic E-state index is 12.3. The Balaban J connectivity index is 2.14. The number of nitriles is 1. The van der Waals surface area contributed by atoms with E-state index in [4.69, 9.17) is 0 Å². The van der Waals surface area contributed by atoms with Crippen LogP contribution in [0.3, 0.4) is 0 Å². The number of esters is 1. The van der Waals surface area contributed by atoms with Crippen molar-refractivity contribution >= 4 is 29.0 Å². The summed E-state index contributed by atoms with van der Waals surface area (Å²) >= 11 is 0. The van der Waals surface area contributed by atoms with Crippen LogP contribution in [0.4, 0.5) is 11.4 Å². The average molecular weight is 363 g/mol. The molecule has 0 bridgehead atoms. The Hall–Kier alpha value is -3.92. The van der Waals surface area contributed by atoms with Crippen LogP contribution in [0.1, 0.15) is 27.6 Å². The van der Waals surface area contributed by atoms with Crippen LogP contribution in [0, 0.1) is 11.3 Å². The Labute approximate surface area is 156 Å². The second kappa shape index (κ2) is 8.97. The molecule has 27 heavy (non-hydrogen) atoms. The Morgan fingerprint density at radius 3 is 2.33 bits per heavy atom. The molecule has 0 heterocycles. The van der Waals surface area contributed by atoms with Crippen LogP contribution < -0.4 is 10.6 Å². The molecule has 0 saturated heterocycles. The molecule has 0 atom stereocenters. The standard InChI is InChI=1S/C20H17N3O4/c1-13(24)14-7-9-16(10-8-14)22-12-15(11-21)19(25)23-18-6-4-3-5-17(18)20(26)27-2/h3-10,12,22H,1-2H3,(H,23,25)/b15-12-. The van der Waals surface area contributed by atoms with Gasteiger partial charge < -0.3 is 15.4 Å². The first kappa shape index (κ1) is 19.4. The van der Waals surface area contributed by atoms with Gasteiger partial charge >= 0.3 is 5.97 Å². The molecule has 0 aliphatic rings. The van der Waals surface area contributed by atoms with Crippen molar-refractivity contribution in [1.29, 1.82) is 5.26 Å². The third-order valence-electron chi connectivity index (χ3n) is 3.62. The van der Waals surface area contributed by atoms with E-state index in [9.17, 15) is 19.6 Å². The van der Waals surface area contributed by atoms with Crippen LogP contribution in [-0.2, 0) is 9.53 Å². The summed E-state index contributed by atoms with van der Waals surface area (Å²) in [5.41, 5.74) is 1.39. The van der Waals surface area contributed by atoms with E-state index in [2.05, 4.69) is 15.4 Å². The van der Waals surface area contributed by atoms with E-state index in [1.165, 1.54) is 32.4 Å². The van der Waals surface area contributed by atoms with E-state index >= 15 is 0 Å².